The molecule has 1 unspecified atom stereocenters. The molecule has 2 heteroatoms. The van der Waals surface area contributed by atoms with Crippen molar-refractivity contribution < 1.29 is 4.39 Å². The van der Waals surface area contributed by atoms with Crippen LogP contribution in [0.15, 0.2) is 12.1 Å². The predicted molar refractivity (Wildman–Crippen MR) is 72.1 cm³/mol. The summed E-state index contributed by atoms with van der Waals surface area (Å²) in [4.78, 5) is 0. The van der Waals surface area contributed by atoms with Gasteiger partial charge in [-0.2, -0.15) is 0 Å². The van der Waals surface area contributed by atoms with E-state index >= 15 is 0 Å². The number of hydrogen-bond acceptors (Lipinski definition) is 1. The third-order valence-electron chi connectivity index (χ3n) is 5.04. The molecular weight excluding hydrogens is 225 g/mol. The number of nitrogens with two attached hydrogens (primary N) is 1. The Kier molecular flexibility index (Phi) is 2.93. The van der Waals surface area contributed by atoms with Gasteiger partial charge in [-0.05, 0) is 66.8 Å². The Balaban J connectivity index is 2.15. The summed E-state index contributed by atoms with van der Waals surface area (Å²) >= 11 is 0. The van der Waals surface area contributed by atoms with Crippen LogP contribution in [0.2, 0.25) is 0 Å². The summed E-state index contributed by atoms with van der Waals surface area (Å²) in [7, 11) is 0. The number of benzene rings is 1. The van der Waals surface area contributed by atoms with Crippen molar-refractivity contribution in [2.75, 3.05) is 0 Å². The molecule has 1 spiro atoms. The molecule has 1 nitrogen and oxygen atoms in total. The lowest BCUT2D eigenvalue weighted by Gasteiger charge is -2.44. The van der Waals surface area contributed by atoms with E-state index in [4.69, 9.17) is 5.73 Å². The quantitative estimate of drug-likeness (QED) is 0.733. The van der Waals surface area contributed by atoms with Gasteiger partial charge in [0.05, 0.1) is 0 Å². The molecule has 1 atom stereocenters. The third-order valence-corrected chi connectivity index (χ3v) is 5.04. The molecule has 1 aromatic rings. The van der Waals surface area contributed by atoms with Crippen molar-refractivity contribution in [3.63, 3.8) is 0 Å². The summed E-state index contributed by atoms with van der Waals surface area (Å²) in [5, 5.41) is 0. The van der Waals surface area contributed by atoms with Crippen molar-refractivity contribution >= 4 is 0 Å². The van der Waals surface area contributed by atoms with Gasteiger partial charge in [0.2, 0.25) is 0 Å². The number of hydrogen-bond donors (Lipinski definition) is 1. The summed E-state index contributed by atoms with van der Waals surface area (Å²) in [6.07, 6.45) is 8.53. The predicted octanol–water partition coefficient (Wildman–Crippen LogP) is 4.13. The second kappa shape index (κ2) is 4.34. The van der Waals surface area contributed by atoms with E-state index in [0.29, 0.717) is 0 Å². The van der Waals surface area contributed by atoms with Gasteiger partial charge >= 0.3 is 0 Å². The first-order valence-electron chi connectivity index (χ1n) is 7.18. The number of aryl methyl sites for hydroxylation is 1. The van der Waals surface area contributed by atoms with E-state index in [2.05, 4.69) is 0 Å². The molecule has 0 radical (unpaired) electrons. The minimum absolute atomic E-state index is 0.0923. The molecule has 0 amide bonds. The molecule has 0 aliphatic heterocycles. The van der Waals surface area contributed by atoms with Crippen LogP contribution in [0.4, 0.5) is 4.39 Å². The van der Waals surface area contributed by atoms with Gasteiger partial charge in [0, 0.05) is 6.04 Å². The average Bonchev–Trinajstić information content (AvgIpc) is 2.35. The standard InChI is InChI=1S/C16H22FN/c1-11-9-12(17)10-13-15(11)14(18)5-8-16(13)6-3-2-4-7-16/h9-10,14H,2-8,18H2,1H3. The molecule has 2 N–H and O–H groups in total. The van der Waals surface area contributed by atoms with Gasteiger partial charge in [-0.1, -0.05) is 19.3 Å². The van der Waals surface area contributed by atoms with Crippen LogP contribution in [0.5, 0.6) is 0 Å². The van der Waals surface area contributed by atoms with Gasteiger partial charge in [-0.3, -0.25) is 0 Å². The van der Waals surface area contributed by atoms with Crippen LogP contribution in [0.1, 0.15) is 67.7 Å². The Bertz CT molecular complexity index is 460. The van der Waals surface area contributed by atoms with E-state index in [1.165, 1.54) is 43.2 Å². The van der Waals surface area contributed by atoms with Crippen molar-refractivity contribution in [3.8, 4) is 0 Å². The van der Waals surface area contributed by atoms with Crippen LogP contribution >= 0.6 is 0 Å². The van der Waals surface area contributed by atoms with Gasteiger partial charge in [0.15, 0.2) is 0 Å². The maximum Gasteiger partial charge on any atom is 0.123 e. The summed E-state index contributed by atoms with van der Waals surface area (Å²) in [5.74, 6) is -0.0923. The lowest BCUT2D eigenvalue weighted by molar-refractivity contribution is 0.243. The monoisotopic (exact) mass is 247 g/mol. The summed E-state index contributed by atoms with van der Waals surface area (Å²) in [6.45, 7) is 2.00. The molecule has 1 fully saturated rings. The van der Waals surface area contributed by atoms with E-state index in [9.17, 15) is 4.39 Å². The Hall–Kier alpha value is -0.890. The largest absolute Gasteiger partial charge is 0.324 e. The molecular formula is C16H22FN. The van der Waals surface area contributed by atoms with E-state index in [1.54, 1.807) is 12.1 Å². The normalized spacial score (nSPS) is 26.1. The third kappa shape index (κ3) is 1.78. The van der Waals surface area contributed by atoms with Crippen molar-refractivity contribution in [2.24, 2.45) is 5.73 Å². The fourth-order valence-electron chi connectivity index (χ4n) is 4.14. The Labute approximate surface area is 109 Å². The van der Waals surface area contributed by atoms with Gasteiger partial charge in [0.1, 0.15) is 5.82 Å². The minimum atomic E-state index is -0.0923. The van der Waals surface area contributed by atoms with Crippen LogP contribution in [-0.4, -0.2) is 0 Å². The highest BCUT2D eigenvalue weighted by Crippen LogP contribution is 2.50. The van der Waals surface area contributed by atoms with E-state index < -0.39 is 0 Å². The zero-order chi connectivity index (χ0) is 12.8. The van der Waals surface area contributed by atoms with Crippen molar-refractivity contribution in [2.45, 2.75) is 63.3 Å². The minimum Gasteiger partial charge on any atom is -0.324 e. The number of fused-ring (bicyclic) bond motifs is 2. The van der Waals surface area contributed by atoms with E-state index in [1.807, 2.05) is 6.92 Å². The Morgan fingerprint density at radius 2 is 1.89 bits per heavy atom. The number of halogens is 1. The van der Waals surface area contributed by atoms with Crippen LogP contribution in [0, 0.1) is 12.7 Å². The zero-order valence-corrected chi connectivity index (χ0v) is 11.1. The van der Waals surface area contributed by atoms with Crippen LogP contribution in [0.3, 0.4) is 0 Å². The van der Waals surface area contributed by atoms with Crippen LogP contribution in [0.25, 0.3) is 0 Å². The maximum absolute atomic E-state index is 13.8. The maximum atomic E-state index is 13.8. The molecule has 0 aromatic heterocycles. The Morgan fingerprint density at radius 1 is 1.17 bits per heavy atom. The molecule has 0 heterocycles. The molecule has 1 aromatic carbocycles. The van der Waals surface area contributed by atoms with E-state index in [-0.39, 0.29) is 17.3 Å². The fraction of sp³-hybridized carbons (Fsp3) is 0.625. The second-order valence-electron chi connectivity index (χ2n) is 6.17. The van der Waals surface area contributed by atoms with Crippen molar-refractivity contribution in [3.05, 3.63) is 34.6 Å². The average molecular weight is 247 g/mol. The first kappa shape index (κ1) is 12.2. The van der Waals surface area contributed by atoms with Gasteiger partial charge < -0.3 is 5.73 Å². The van der Waals surface area contributed by atoms with Gasteiger partial charge in [0.25, 0.3) is 0 Å². The molecule has 0 bridgehead atoms. The van der Waals surface area contributed by atoms with Gasteiger partial charge in [-0.25, -0.2) is 4.39 Å². The topological polar surface area (TPSA) is 26.0 Å². The van der Waals surface area contributed by atoms with E-state index in [0.717, 1.165) is 18.4 Å². The zero-order valence-electron chi connectivity index (χ0n) is 11.1. The summed E-state index contributed by atoms with van der Waals surface area (Å²) in [5.41, 5.74) is 10.0. The SMILES string of the molecule is Cc1cc(F)cc2c1C(N)CCC21CCCCC1. The lowest BCUT2D eigenvalue weighted by atomic mass is 9.61. The molecule has 1 saturated carbocycles. The van der Waals surface area contributed by atoms with Crippen molar-refractivity contribution in [1.82, 2.24) is 0 Å². The molecule has 3 rings (SSSR count). The summed E-state index contributed by atoms with van der Waals surface area (Å²) in [6, 6.07) is 3.51. The molecule has 18 heavy (non-hydrogen) atoms. The lowest BCUT2D eigenvalue weighted by Crippen LogP contribution is -2.37. The van der Waals surface area contributed by atoms with Crippen LogP contribution in [-0.2, 0) is 5.41 Å². The molecule has 2 aliphatic carbocycles. The first-order chi connectivity index (χ1) is 8.62. The molecule has 98 valence electrons. The highest BCUT2D eigenvalue weighted by atomic mass is 19.1. The highest BCUT2D eigenvalue weighted by Gasteiger charge is 2.40. The fourth-order valence-corrected chi connectivity index (χ4v) is 4.14. The number of rotatable bonds is 0. The molecule has 2 aliphatic rings. The van der Waals surface area contributed by atoms with Crippen molar-refractivity contribution in [1.29, 1.82) is 0 Å². The second-order valence-corrected chi connectivity index (χ2v) is 6.17. The van der Waals surface area contributed by atoms with Crippen LogP contribution < -0.4 is 5.73 Å². The smallest absolute Gasteiger partial charge is 0.123 e. The Morgan fingerprint density at radius 3 is 2.61 bits per heavy atom. The first-order valence-corrected chi connectivity index (χ1v) is 7.18. The highest BCUT2D eigenvalue weighted by molar-refractivity contribution is 5.44. The molecule has 0 saturated heterocycles. The van der Waals surface area contributed by atoms with Gasteiger partial charge in [-0.15, -0.1) is 0 Å². The summed E-state index contributed by atoms with van der Waals surface area (Å²) < 4.78 is 13.8.